The third kappa shape index (κ3) is 14.5. The van der Waals surface area contributed by atoms with Crippen LogP contribution in [0.15, 0.2) is 78.9 Å². The maximum Gasteiger partial charge on any atom is 0.303 e. The molecule has 62 heavy (non-hydrogen) atoms. The molecule has 0 unspecified atom stereocenters. The Morgan fingerprint density at radius 3 is 1.82 bits per heavy atom. The predicted molar refractivity (Wildman–Crippen MR) is 219 cm³/mol. The van der Waals surface area contributed by atoms with Crippen LogP contribution in [-0.4, -0.2) is 139 Å². The van der Waals surface area contributed by atoms with Crippen LogP contribution in [0.1, 0.15) is 44.4 Å². The van der Waals surface area contributed by atoms with E-state index in [-0.39, 0.29) is 39.6 Å². The second kappa shape index (κ2) is 24.7. The fraction of sp³-hybridized carbons (Fsp3) is 0.477. The number of methoxy groups -OCH3 is 2. The highest BCUT2D eigenvalue weighted by atomic mass is 16.7. The van der Waals surface area contributed by atoms with Gasteiger partial charge in [-0.15, -0.1) is 0 Å². The predicted octanol–water partition coefficient (Wildman–Crippen LogP) is 2.20. The largest absolute Gasteiger partial charge is 0.497 e. The van der Waals surface area contributed by atoms with Crippen LogP contribution < -0.4 is 20.1 Å². The Morgan fingerprint density at radius 2 is 1.27 bits per heavy atom. The van der Waals surface area contributed by atoms with Gasteiger partial charge in [-0.3, -0.25) is 24.0 Å². The van der Waals surface area contributed by atoms with E-state index in [4.69, 9.17) is 47.4 Å². The number of aliphatic hydroxyl groups excluding tert-OH is 1. The van der Waals surface area contributed by atoms with Crippen molar-refractivity contribution in [2.75, 3.05) is 67.0 Å². The molecule has 3 N–H and O–H groups in total. The lowest BCUT2D eigenvalue weighted by molar-refractivity contribution is -0.276. The van der Waals surface area contributed by atoms with Gasteiger partial charge in [0.2, 0.25) is 11.8 Å². The van der Waals surface area contributed by atoms with Crippen LogP contribution in [0.4, 0.5) is 0 Å². The molecule has 0 bridgehead atoms. The second-order valence-electron chi connectivity index (χ2n) is 14.0. The maximum atomic E-state index is 12.7. The first-order chi connectivity index (χ1) is 29.8. The molecule has 0 aromatic heterocycles. The monoisotopic (exact) mass is 868 g/mol. The normalized spacial score (nSPS) is 19.0. The van der Waals surface area contributed by atoms with Crippen LogP contribution in [0.5, 0.6) is 11.5 Å². The molecule has 18 nitrogen and oxygen atoms in total. The molecule has 18 heteroatoms. The Balaban J connectivity index is 1.26. The number of esters is 3. The number of benzene rings is 3. The van der Waals surface area contributed by atoms with Crippen molar-refractivity contribution in [2.45, 2.75) is 70.0 Å². The highest BCUT2D eigenvalue weighted by Crippen LogP contribution is 2.42. The number of carbonyl (C=O) groups is 5. The average Bonchev–Trinajstić information content (AvgIpc) is 3.25. The highest BCUT2D eigenvalue weighted by Gasteiger charge is 2.51. The smallest absolute Gasteiger partial charge is 0.303 e. The number of amides is 2. The molecule has 6 atom stereocenters. The lowest BCUT2D eigenvalue weighted by atomic mass is 9.80. The molecule has 3 aromatic rings. The molecule has 0 radical (unpaired) electrons. The van der Waals surface area contributed by atoms with Crippen LogP contribution >= 0.6 is 0 Å². The van der Waals surface area contributed by atoms with Crippen molar-refractivity contribution >= 4 is 29.7 Å². The van der Waals surface area contributed by atoms with Crippen molar-refractivity contribution < 1.29 is 76.4 Å². The molecule has 0 aliphatic carbocycles. The zero-order valence-electron chi connectivity index (χ0n) is 35.7. The number of carbonyl (C=O) groups excluding carboxylic acids is 5. The molecule has 1 heterocycles. The summed E-state index contributed by atoms with van der Waals surface area (Å²) in [6.45, 7) is 4.02. The van der Waals surface area contributed by atoms with Gasteiger partial charge in [0.05, 0.1) is 47.3 Å². The summed E-state index contributed by atoms with van der Waals surface area (Å²) >= 11 is 0. The zero-order valence-corrected chi connectivity index (χ0v) is 35.7. The van der Waals surface area contributed by atoms with Gasteiger partial charge in [0.1, 0.15) is 48.6 Å². The third-order valence-electron chi connectivity index (χ3n) is 9.37. The zero-order chi connectivity index (χ0) is 45.1. The van der Waals surface area contributed by atoms with E-state index in [1.807, 2.05) is 78.9 Å². The summed E-state index contributed by atoms with van der Waals surface area (Å²) in [7, 11) is 3.20. The summed E-state index contributed by atoms with van der Waals surface area (Å²) in [5, 5.41) is 16.2. The number of nitrogens with one attached hydrogen (secondary N) is 2. The van der Waals surface area contributed by atoms with Crippen LogP contribution in [0, 0.1) is 0 Å². The molecule has 1 saturated heterocycles. The number of aliphatic hydroxyl groups is 1. The summed E-state index contributed by atoms with van der Waals surface area (Å²) in [6, 6.07) is 23.6. The summed E-state index contributed by atoms with van der Waals surface area (Å²) < 4.78 is 56.2. The molecule has 1 aliphatic rings. The maximum absolute atomic E-state index is 12.7. The Kier molecular flexibility index (Phi) is 19.5. The number of hydrogen-bond donors (Lipinski definition) is 3. The van der Waals surface area contributed by atoms with Crippen LogP contribution in [-0.2, 0) is 67.5 Å². The Morgan fingerprint density at radius 1 is 0.710 bits per heavy atom. The molecule has 2 amide bonds. The van der Waals surface area contributed by atoms with Crippen LogP contribution in [0.3, 0.4) is 0 Å². The summed E-state index contributed by atoms with van der Waals surface area (Å²) in [6.07, 6.45) is -6.20. The van der Waals surface area contributed by atoms with E-state index in [0.717, 1.165) is 37.5 Å². The first-order valence-corrected chi connectivity index (χ1v) is 19.9. The highest BCUT2D eigenvalue weighted by molar-refractivity contribution is 5.77. The molecule has 338 valence electrons. The van der Waals surface area contributed by atoms with Gasteiger partial charge < -0.3 is 63.1 Å². The lowest BCUT2D eigenvalue weighted by Gasteiger charge is -2.44. The van der Waals surface area contributed by atoms with E-state index >= 15 is 0 Å². The van der Waals surface area contributed by atoms with Gasteiger partial charge in [0.15, 0.2) is 18.5 Å². The van der Waals surface area contributed by atoms with Crippen LogP contribution in [0.2, 0.25) is 0 Å². The van der Waals surface area contributed by atoms with Crippen molar-refractivity contribution in [3.8, 4) is 11.5 Å². The molecule has 1 fully saturated rings. The lowest BCUT2D eigenvalue weighted by Crippen LogP contribution is -2.66. The van der Waals surface area contributed by atoms with Crippen LogP contribution in [0.25, 0.3) is 0 Å². The van der Waals surface area contributed by atoms with Crippen molar-refractivity contribution in [1.82, 2.24) is 10.6 Å². The molecule has 0 saturated carbocycles. The minimum atomic E-state index is -1.39. The molecular formula is C44H56N2O16. The van der Waals surface area contributed by atoms with Crippen molar-refractivity contribution in [2.24, 2.45) is 0 Å². The minimum Gasteiger partial charge on any atom is -0.497 e. The molecule has 4 rings (SSSR count). The second-order valence-corrected chi connectivity index (χ2v) is 14.0. The SMILES string of the molecule is COc1ccc(C(OC[C@@H](O)COCCOCCNC(=O)CO[C@@H]2O[C@H](COC(C)=O)[C@H](OC(C)=O)[C@H](OC(C)=O)[C@H]2NC(C)=O)(c2ccccc2)c2ccc(OC)cc2)cc1. The molecule has 0 spiro atoms. The summed E-state index contributed by atoms with van der Waals surface area (Å²) in [5.41, 5.74) is 1.38. The molecular weight excluding hydrogens is 812 g/mol. The van der Waals surface area contributed by atoms with Gasteiger partial charge in [-0.1, -0.05) is 54.6 Å². The number of hydrogen-bond acceptors (Lipinski definition) is 16. The summed E-state index contributed by atoms with van der Waals surface area (Å²) in [4.78, 5) is 60.4. The van der Waals surface area contributed by atoms with Gasteiger partial charge in [0.25, 0.3) is 0 Å². The topological polar surface area (TPSA) is 222 Å². The fourth-order valence-corrected chi connectivity index (χ4v) is 6.69. The van der Waals surface area contributed by atoms with Gasteiger partial charge in [0, 0.05) is 34.2 Å². The number of ether oxygens (including phenoxy) is 10. The first kappa shape index (κ1) is 49.0. The van der Waals surface area contributed by atoms with Gasteiger partial charge in [-0.2, -0.15) is 0 Å². The van der Waals surface area contributed by atoms with E-state index < -0.39 is 85.3 Å². The van der Waals surface area contributed by atoms with Gasteiger partial charge in [-0.05, 0) is 41.0 Å². The quantitative estimate of drug-likeness (QED) is 0.0508. The van der Waals surface area contributed by atoms with E-state index in [9.17, 15) is 29.1 Å². The van der Waals surface area contributed by atoms with E-state index in [1.165, 1.54) is 6.92 Å². The standard InChI is InChI=1S/C44H56N2O16/c1-28(47)46-40-42(61-31(4)50)41(60-30(3)49)38(26-57-29(2)48)62-43(40)58-27-39(52)45-20-21-55-22-23-56-24-35(51)25-59-44(32-10-8-7-9-11-32,33-12-16-36(53-5)17-13-33)34-14-18-37(54-6)19-15-34/h7-19,35,38,40-43,51H,20-27H2,1-6H3,(H,45,52)(H,46,47)/t35-,38+,40+,41-,42+,43+/m0/s1. The van der Waals surface area contributed by atoms with Crippen molar-refractivity contribution in [3.63, 3.8) is 0 Å². The van der Waals surface area contributed by atoms with E-state index in [1.54, 1.807) is 14.2 Å². The molecule has 1 aliphatic heterocycles. The average molecular weight is 869 g/mol. The van der Waals surface area contributed by atoms with Gasteiger partial charge >= 0.3 is 17.9 Å². The van der Waals surface area contributed by atoms with E-state index in [0.29, 0.717) is 11.5 Å². The van der Waals surface area contributed by atoms with Crippen molar-refractivity contribution in [3.05, 3.63) is 95.6 Å². The Bertz CT molecular complexity index is 1830. The van der Waals surface area contributed by atoms with Gasteiger partial charge in [-0.25, -0.2) is 0 Å². The fourth-order valence-electron chi connectivity index (χ4n) is 6.69. The summed E-state index contributed by atoms with van der Waals surface area (Å²) in [5.74, 6) is -1.94. The number of rotatable bonds is 24. The Hall–Kier alpha value is -5.63. The minimum absolute atomic E-state index is 0.0437. The first-order valence-electron chi connectivity index (χ1n) is 19.9. The Labute approximate surface area is 360 Å². The van der Waals surface area contributed by atoms with E-state index in [2.05, 4.69) is 10.6 Å². The molecule has 3 aromatic carbocycles. The van der Waals surface area contributed by atoms with Crippen molar-refractivity contribution in [1.29, 1.82) is 0 Å². The third-order valence-corrected chi connectivity index (χ3v) is 9.37.